The van der Waals surface area contributed by atoms with Gasteiger partial charge in [-0.15, -0.1) is 12.3 Å². The first kappa shape index (κ1) is 26.4. The van der Waals surface area contributed by atoms with Gasteiger partial charge in [0.15, 0.2) is 34.7 Å². The van der Waals surface area contributed by atoms with E-state index in [2.05, 4.69) is 31.1 Å². The molecule has 0 saturated carbocycles. The number of nitrogens with zero attached hydrogens (tertiary/aromatic N) is 7. The number of aliphatic hydroxyl groups excluding tert-OH is 1. The monoisotopic (exact) mass is 527 g/mol. The van der Waals surface area contributed by atoms with Crippen LogP contribution in [0.1, 0.15) is 60.1 Å². The van der Waals surface area contributed by atoms with Gasteiger partial charge in [-0.1, -0.05) is 0 Å². The second-order valence-electron chi connectivity index (χ2n) is 11.1. The maximum Gasteiger partial charge on any atom is 0.416 e. The number of fused-ring (bicyclic) bond motifs is 2. The SMILES string of the molecule is C#CCCC1(CCN(C(=O)OC(C)(C)C)c2ncnc3c2ncn3[C@H]2O[C@@H](CO)C3OC(C)(C)OC32)N=N1. The van der Waals surface area contributed by atoms with Gasteiger partial charge in [-0.3, -0.25) is 9.47 Å². The largest absolute Gasteiger partial charge is 0.443 e. The summed E-state index contributed by atoms with van der Waals surface area (Å²) < 4.78 is 25.6. The van der Waals surface area contributed by atoms with E-state index in [0.717, 1.165) is 0 Å². The lowest BCUT2D eigenvalue weighted by molar-refractivity contribution is -0.199. The molecule has 5 rings (SSSR count). The van der Waals surface area contributed by atoms with Crippen molar-refractivity contribution in [3.63, 3.8) is 0 Å². The van der Waals surface area contributed by atoms with Crippen LogP contribution < -0.4 is 4.90 Å². The Morgan fingerprint density at radius 2 is 1.95 bits per heavy atom. The van der Waals surface area contributed by atoms with E-state index < -0.39 is 47.7 Å². The summed E-state index contributed by atoms with van der Waals surface area (Å²) in [5.74, 6) is 2.07. The number of hydrogen-bond donors (Lipinski definition) is 1. The van der Waals surface area contributed by atoms with Crippen LogP contribution in [-0.4, -0.2) is 79.2 Å². The first-order chi connectivity index (χ1) is 18.0. The molecule has 2 aromatic rings. The van der Waals surface area contributed by atoms with Crippen molar-refractivity contribution in [3.8, 4) is 12.3 Å². The van der Waals surface area contributed by atoms with E-state index in [1.165, 1.54) is 11.2 Å². The lowest BCUT2D eigenvalue weighted by atomic mass is 10.0. The van der Waals surface area contributed by atoms with E-state index in [1.807, 2.05) is 13.8 Å². The number of ether oxygens (including phenoxy) is 4. The second-order valence-corrected chi connectivity index (χ2v) is 11.1. The van der Waals surface area contributed by atoms with Crippen LogP contribution in [0.5, 0.6) is 0 Å². The van der Waals surface area contributed by atoms with E-state index in [-0.39, 0.29) is 19.0 Å². The molecule has 0 radical (unpaired) electrons. The molecule has 1 N–H and O–H groups in total. The zero-order valence-corrected chi connectivity index (χ0v) is 22.2. The molecule has 0 aliphatic carbocycles. The summed E-state index contributed by atoms with van der Waals surface area (Å²) in [5, 5.41) is 18.2. The number of amides is 1. The lowest BCUT2D eigenvalue weighted by Gasteiger charge is -2.27. The van der Waals surface area contributed by atoms with E-state index in [9.17, 15) is 9.90 Å². The molecule has 4 atom stereocenters. The van der Waals surface area contributed by atoms with Gasteiger partial charge in [-0.05, 0) is 34.6 Å². The predicted molar refractivity (Wildman–Crippen MR) is 134 cm³/mol. The van der Waals surface area contributed by atoms with Crippen molar-refractivity contribution < 1.29 is 28.8 Å². The molecule has 0 bridgehead atoms. The number of aromatic nitrogens is 4. The van der Waals surface area contributed by atoms with Gasteiger partial charge < -0.3 is 24.1 Å². The van der Waals surface area contributed by atoms with Crippen LogP contribution in [-0.2, 0) is 18.9 Å². The molecular weight excluding hydrogens is 494 g/mol. The zero-order chi connectivity index (χ0) is 27.3. The molecule has 1 amide bonds. The molecule has 2 saturated heterocycles. The number of imidazole rings is 1. The van der Waals surface area contributed by atoms with E-state index in [4.69, 9.17) is 25.4 Å². The fraction of sp³-hybridized carbons (Fsp3) is 0.680. The number of hydrogen-bond acceptors (Lipinski definition) is 11. The molecular formula is C25H33N7O6. The smallest absolute Gasteiger partial charge is 0.416 e. The Morgan fingerprint density at radius 3 is 2.61 bits per heavy atom. The molecule has 38 heavy (non-hydrogen) atoms. The molecule has 3 aliphatic heterocycles. The third-order valence-electron chi connectivity index (χ3n) is 6.58. The van der Waals surface area contributed by atoms with Gasteiger partial charge in [0.1, 0.15) is 30.2 Å². The van der Waals surface area contributed by atoms with Gasteiger partial charge in [0.05, 0.1) is 12.9 Å². The highest BCUT2D eigenvalue weighted by molar-refractivity contribution is 5.95. The molecule has 0 aromatic carbocycles. The summed E-state index contributed by atoms with van der Waals surface area (Å²) in [6, 6.07) is 0. The lowest BCUT2D eigenvalue weighted by Crippen LogP contribution is -2.39. The van der Waals surface area contributed by atoms with Crippen LogP contribution in [0.2, 0.25) is 0 Å². The summed E-state index contributed by atoms with van der Waals surface area (Å²) >= 11 is 0. The number of rotatable bonds is 8. The summed E-state index contributed by atoms with van der Waals surface area (Å²) in [5.41, 5.74) is -0.514. The van der Waals surface area contributed by atoms with Crippen LogP contribution in [0.4, 0.5) is 10.6 Å². The van der Waals surface area contributed by atoms with Gasteiger partial charge in [0.25, 0.3) is 0 Å². The quantitative estimate of drug-likeness (QED) is 0.512. The van der Waals surface area contributed by atoms with Gasteiger partial charge in [-0.2, -0.15) is 10.2 Å². The summed E-state index contributed by atoms with van der Waals surface area (Å²) in [4.78, 5) is 28.2. The third kappa shape index (κ3) is 5.09. The van der Waals surface area contributed by atoms with Crippen LogP contribution in [0.15, 0.2) is 22.9 Å². The first-order valence-corrected chi connectivity index (χ1v) is 12.6. The van der Waals surface area contributed by atoms with Crippen molar-refractivity contribution in [2.24, 2.45) is 10.2 Å². The minimum absolute atomic E-state index is 0.228. The number of aliphatic hydroxyl groups is 1. The van der Waals surface area contributed by atoms with Gasteiger partial charge in [0.2, 0.25) is 0 Å². The summed E-state index contributed by atoms with van der Waals surface area (Å²) in [6.07, 6.45) is 7.18. The van der Waals surface area contributed by atoms with Crippen molar-refractivity contribution in [3.05, 3.63) is 12.7 Å². The Hall–Kier alpha value is -3.18. The van der Waals surface area contributed by atoms with Crippen molar-refractivity contribution in [1.82, 2.24) is 19.5 Å². The minimum Gasteiger partial charge on any atom is -0.443 e. The zero-order valence-electron chi connectivity index (χ0n) is 22.2. The average Bonchev–Trinajstić information content (AvgIpc) is 3.17. The van der Waals surface area contributed by atoms with Crippen molar-refractivity contribution in [2.45, 2.75) is 95.5 Å². The third-order valence-corrected chi connectivity index (χ3v) is 6.58. The average molecular weight is 528 g/mol. The fourth-order valence-electron chi connectivity index (χ4n) is 4.81. The Labute approximate surface area is 220 Å². The first-order valence-electron chi connectivity index (χ1n) is 12.6. The normalized spacial score (nSPS) is 26.8. The maximum atomic E-state index is 13.3. The number of carbonyl (C=O) groups excluding carboxylic acids is 1. The van der Waals surface area contributed by atoms with Crippen LogP contribution >= 0.6 is 0 Å². The molecule has 2 unspecified atom stereocenters. The topological polar surface area (TPSA) is 146 Å². The molecule has 2 fully saturated rings. The molecule has 3 aliphatic rings. The standard InChI is InChI=1S/C25H33N7O6/c1-7-8-9-25(29-30-25)10-11-31(22(34)38-23(2,3)4)19-16-20(27-13-26-19)32(14-28-16)21-18-17(15(12-33)35-21)36-24(5,6)37-18/h1,13-15,17-18,21,33H,8-12H2,2-6H3/t15-,17?,18?,21-/m0/s1. The van der Waals surface area contributed by atoms with Crippen LogP contribution in [0.25, 0.3) is 11.2 Å². The van der Waals surface area contributed by atoms with Crippen LogP contribution in [0, 0.1) is 12.3 Å². The Bertz CT molecular complexity index is 1270. The minimum atomic E-state index is -0.830. The number of carbonyl (C=O) groups is 1. The Morgan fingerprint density at radius 1 is 1.21 bits per heavy atom. The van der Waals surface area contributed by atoms with Crippen molar-refractivity contribution in [1.29, 1.82) is 0 Å². The van der Waals surface area contributed by atoms with Gasteiger partial charge in [-0.25, -0.2) is 19.7 Å². The predicted octanol–water partition coefficient (Wildman–Crippen LogP) is 2.94. The second kappa shape index (κ2) is 9.53. The van der Waals surface area contributed by atoms with Crippen LogP contribution in [0.3, 0.4) is 0 Å². The Balaban J connectivity index is 1.47. The van der Waals surface area contributed by atoms with Gasteiger partial charge >= 0.3 is 6.09 Å². The number of terminal acetylenes is 1. The summed E-state index contributed by atoms with van der Waals surface area (Å²) in [7, 11) is 0. The highest BCUT2D eigenvalue weighted by atomic mass is 16.8. The molecule has 13 nitrogen and oxygen atoms in total. The molecule has 0 spiro atoms. The highest BCUT2D eigenvalue weighted by Crippen LogP contribution is 2.44. The maximum absolute atomic E-state index is 13.3. The molecule has 13 heteroatoms. The van der Waals surface area contributed by atoms with E-state index in [0.29, 0.717) is 30.4 Å². The highest BCUT2D eigenvalue weighted by Gasteiger charge is 2.56. The van der Waals surface area contributed by atoms with Crippen molar-refractivity contribution >= 4 is 23.1 Å². The fourth-order valence-corrected chi connectivity index (χ4v) is 4.81. The van der Waals surface area contributed by atoms with Gasteiger partial charge in [0, 0.05) is 25.8 Å². The summed E-state index contributed by atoms with van der Waals surface area (Å²) in [6.45, 7) is 9.02. The molecule has 2 aromatic heterocycles. The number of anilines is 1. The van der Waals surface area contributed by atoms with E-state index in [1.54, 1.807) is 31.7 Å². The van der Waals surface area contributed by atoms with E-state index >= 15 is 0 Å². The molecule has 5 heterocycles. The van der Waals surface area contributed by atoms with Crippen molar-refractivity contribution in [2.75, 3.05) is 18.1 Å². The molecule has 204 valence electrons. The Kier molecular flexibility index (Phi) is 6.63.